The molecule has 2 aromatic heterocycles. The normalized spacial score (nSPS) is 12.7. The van der Waals surface area contributed by atoms with E-state index in [1.807, 2.05) is 77.4 Å². The number of benzene rings is 8. The molecule has 0 spiro atoms. The molecule has 8 aromatic carbocycles. The molecule has 5 nitrogen and oxygen atoms in total. The first-order valence-corrected chi connectivity index (χ1v) is 24.1. The van der Waals surface area contributed by atoms with Crippen LogP contribution in [0.25, 0.3) is 61.0 Å². The topological polar surface area (TPSA) is 33.5 Å². The second-order valence-corrected chi connectivity index (χ2v) is 20.6. The maximum Gasteiger partial charge on any atom is 0.200 e. The van der Waals surface area contributed by atoms with Gasteiger partial charge in [0.25, 0.3) is 0 Å². The molecule has 78 heavy (non-hydrogen) atoms. The predicted octanol–water partition coefficient (Wildman–Crippen LogP) is 18.0. The summed E-state index contributed by atoms with van der Waals surface area (Å²) in [7, 11) is 0. The first kappa shape index (κ1) is 53.5. The Labute approximate surface area is 456 Å². The van der Waals surface area contributed by atoms with E-state index in [0.717, 1.165) is 38.9 Å². The van der Waals surface area contributed by atoms with Gasteiger partial charge in [-0.3, -0.25) is 0 Å². The Morgan fingerprint density at radius 1 is 0.474 bits per heavy atom. The number of nitrogens with zero attached hydrogens (tertiary/aromatic N) is 4. The Kier molecular flexibility index (Phi) is 13.6. The molecular weight excluding hydrogens is 1200 g/mol. The Morgan fingerprint density at radius 2 is 1.00 bits per heavy atom. The second-order valence-electron chi connectivity index (χ2n) is 20.6. The molecule has 0 bridgehead atoms. The minimum absolute atomic E-state index is 0. The summed E-state index contributed by atoms with van der Waals surface area (Å²) in [4.78, 5) is 7.40. The van der Waals surface area contributed by atoms with Crippen molar-refractivity contribution in [1.82, 2.24) is 9.55 Å². The van der Waals surface area contributed by atoms with E-state index in [9.17, 15) is 8.78 Å². The van der Waals surface area contributed by atoms with Crippen LogP contribution in [0.4, 0.5) is 66.7 Å². The summed E-state index contributed by atoms with van der Waals surface area (Å²) < 4.78 is 165. The minimum Gasteiger partial charge on any atom is -0.509 e. The molecule has 0 unspecified atom stereocenters. The van der Waals surface area contributed by atoms with Gasteiger partial charge in [0.15, 0.2) is 46.5 Å². The van der Waals surface area contributed by atoms with Crippen molar-refractivity contribution in [3.63, 3.8) is 0 Å². The molecular formula is C62H41F10N4OPt-3. The number of anilines is 4. The number of rotatable bonds is 8. The van der Waals surface area contributed by atoms with Gasteiger partial charge in [0.2, 0.25) is 11.6 Å². The van der Waals surface area contributed by atoms with Crippen LogP contribution in [0.1, 0.15) is 52.7 Å². The number of para-hydroxylation sites is 3. The molecule has 0 radical (unpaired) electrons. The van der Waals surface area contributed by atoms with Crippen molar-refractivity contribution in [2.45, 2.75) is 52.4 Å². The molecule has 398 valence electrons. The van der Waals surface area contributed by atoms with E-state index in [1.165, 1.54) is 23.7 Å². The van der Waals surface area contributed by atoms with Gasteiger partial charge in [-0.2, -0.15) is 6.07 Å². The first-order chi connectivity index (χ1) is 36.6. The molecule has 0 fully saturated rings. The summed E-state index contributed by atoms with van der Waals surface area (Å²) in [5.41, 5.74) is -2.40. The summed E-state index contributed by atoms with van der Waals surface area (Å²) in [5.74, 6) is -22.6. The van der Waals surface area contributed by atoms with Crippen LogP contribution < -0.4 is 14.5 Å². The van der Waals surface area contributed by atoms with E-state index in [2.05, 4.69) is 32.9 Å². The molecule has 0 amide bonds. The predicted molar refractivity (Wildman–Crippen MR) is 278 cm³/mol. The van der Waals surface area contributed by atoms with Crippen molar-refractivity contribution in [3.8, 4) is 50.7 Å². The number of aromatic nitrogens is 2. The van der Waals surface area contributed by atoms with E-state index in [-0.39, 0.29) is 60.6 Å². The third-order valence-electron chi connectivity index (χ3n) is 13.6. The minimum atomic E-state index is -2.49. The average Bonchev–Trinajstić information content (AvgIpc) is 3.98. The zero-order chi connectivity index (χ0) is 54.6. The van der Waals surface area contributed by atoms with E-state index >= 15 is 35.1 Å². The quantitative estimate of drug-likeness (QED) is 0.0657. The Balaban J connectivity index is 0.00000688. The number of pyridine rings is 1. The van der Waals surface area contributed by atoms with Gasteiger partial charge in [0.05, 0.1) is 11.1 Å². The standard InChI is InChI=1S/C62H41F10N4O.Pt/c1-61(2,3)34-22-23-73-47(28-34)76-43-17-11-10-16-39(43)40-21-20-37(30-46(40)76)77-38-25-33(32-14-8-7-9-15-32)24-36(29-38)74-31-75(45-19-13-12-18-44(45)74)60-41(48-50(63)54(67)58(71)55(68)51(48)64)26-35(62(4,5)6)27-42(60)49-52(65)56(69)59(72)57(70)53(49)66;/h7-28,31H,1-6H3;/q-3;. The van der Waals surface area contributed by atoms with Gasteiger partial charge in [0, 0.05) is 72.5 Å². The van der Waals surface area contributed by atoms with Crippen LogP contribution in [0.2, 0.25) is 0 Å². The third kappa shape index (κ3) is 8.95. The summed E-state index contributed by atoms with van der Waals surface area (Å²) in [6.07, 6.45) is 1.76. The van der Waals surface area contributed by atoms with E-state index in [4.69, 9.17) is 9.72 Å². The zero-order valence-electron chi connectivity index (χ0n) is 42.1. The number of hydrogen-bond acceptors (Lipinski definition) is 4. The van der Waals surface area contributed by atoms with Gasteiger partial charge in [-0.1, -0.05) is 108 Å². The van der Waals surface area contributed by atoms with Crippen LogP contribution >= 0.6 is 0 Å². The van der Waals surface area contributed by atoms with Gasteiger partial charge in [-0.05, 0) is 75.4 Å². The Morgan fingerprint density at radius 3 is 1.58 bits per heavy atom. The van der Waals surface area contributed by atoms with Crippen LogP contribution in [-0.2, 0) is 31.9 Å². The van der Waals surface area contributed by atoms with Gasteiger partial charge in [-0.25, -0.2) is 48.9 Å². The monoisotopic (exact) mass is 1240 g/mol. The van der Waals surface area contributed by atoms with Crippen molar-refractivity contribution < 1.29 is 69.7 Å². The van der Waals surface area contributed by atoms with Crippen molar-refractivity contribution in [1.29, 1.82) is 0 Å². The summed E-state index contributed by atoms with van der Waals surface area (Å²) in [6.45, 7) is 12.3. The zero-order valence-corrected chi connectivity index (χ0v) is 44.3. The Hall–Kier alpha value is -7.90. The molecule has 11 rings (SSSR count). The molecule has 1 aliphatic heterocycles. The molecule has 0 saturated carbocycles. The number of fused-ring (bicyclic) bond motifs is 4. The molecule has 3 heterocycles. The summed E-state index contributed by atoms with van der Waals surface area (Å²) >= 11 is 0. The molecule has 0 saturated heterocycles. The molecule has 16 heteroatoms. The van der Waals surface area contributed by atoms with Gasteiger partial charge < -0.3 is 19.1 Å². The van der Waals surface area contributed by atoms with Crippen LogP contribution in [0, 0.1) is 77.0 Å². The molecule has 0 aliphatic carbocycles. The average molecular weight is 1240 g/mol. The fraction of sp³-hybridized carbons (Fsp3) is 0.129. The maximum atomic E-state index is 16.3. The number of ether oxygens (including phenoxy) is 1. The molecule has 0 atom stereocenters. The fourth-order valence-corrected chi connectivity index (χ4v) is 9.68. The second kappa shape index (κ2) is 19.8. The maximum absolute atomic E-state index is 16.3. The van der Waals surface area contributed by atoms with Crippen LogP contribution in [0.15, 0.2) is 134 Å². The van der Waals surface area contributed by atoms with Crippen molar-refractivity contribution in [3.05, 3.63) is 222 Å². The molecule has 0 N–H and O–H groups in total. The SMILES string of the molecule is CC(C)(C)c1ccnc(-n2c3[c-]c(Oc4[c-]c(N5[CH-]N(c6c(-c7c(F)c(F)c(F)c(F)c7F)cc(C(C)(C)C)cc6-c6c(F)c(F)c(F)c(F)c6F)c6ccccc65)cc(-c5ccccc5)c4)ccc3c3ccccc32)c1.[Pt]. The van der Waals surface area contributed by atoms with E-state index in [1.54, 1.807) is 57.3 Å². The van der Waals surface area contributed by atoms with Gasteiger partial charge in [0.1, 0.15) is 5.82 Å². The largest absolute Gasteiger partial charge is 0.509 e. The molecule has 1 aliphatic rings. The van der Waals surface area contributed by atoms with E-state index < -0.39 is 91.5 Å². The van der Waals surface area contributed by atoms with Crippen molar-refractivity contribution in [2.75, 3.05) is 9.80 Å². The fourth-order valence-electron chi connectivity index (χ4n) is 9.68. The first-order valence-electron chi connectivity index (χ1n) is 24.1. The van der Waals surface area contributed by atoms with Gasteiger partial charge >= 0.3 is 0 Å². The van der Waals surface area contributed by atoms with Gasteiger partial charge in [-0.15, -0.1) is 53.6 Å². The van der Waals surface area contributed by atoms with Crippen LogP contribution in [-0.4, -0.2) is 9.55 Å². The number of hydrogen-bond donors (Lipinski definition) is 0. The number of halogens is 10. The smallest absolute Gasteiger partial charge is 0.200 e. The summed E-state index contributed by atoms with van der Waals surface area (Å²) in [5, 5.41) is 1.81. The third-order valence-corrected chi connectivity index (χ3v) is 13.6. The van der Waals surface area contributed by atoms with Crippen LogP contribution in [0.3, 0.4) is 0 Å². The Bertz CT molecular complexity index is 3910. The summed E-state index contributed by atoms with van der Waals surface area (Å²) in [6, 6.07) is 43.2. The van der Waals surface area contributed by atoms with Crippen molar-refractivity contribution >= 4 is 44.6 Å². The van der Waals surface area contributed by atoms with Crippen LogP contribution in [0.5, 0.6) is 11.5 Å². The molecule has 10 aromatic rings. The van der Waals surface area contributed by atoms with E-state index in [0.29, 0.717) is 22.5 Å². The van der Waals surface area contributed by atoms with Crippen molar-refractivity contribution in [2.24, 2.45) is 0 Å².